The van der Waals surface area contributed by atoms with E-state index >= 15 is 0 Å². The second-order valence-electron chi connectivity index (χ2n) is 7.23. The number of furan rings is 1. The van der Waals surface area contributed by atoms with Crippen LogP contribution >= 0.6 is 22.9 Å². The number of carbonyl (C=O) groups excluding carboxylic acids is 2. The lowest BCUT2D eigenvalue weighted by Gasteiger charge is -2.30. The molecule has 2 amide bonds. The van der Waals surface area contributed by atoms with Gasteiger partial charge in [-0.2, -0.15) is 0 Å². The van der Waals surface area contributed by atoms with Gasteiger partial charge >= 0.3 is 0 Å². The van der Waals surface area contributed by atoms with Crippen LogP contribution < -0.4 is 10.6 Å². The van der Waals surface area contributed by atoms with Crippen LogP contribution in [-0.4, -0.2) is 41.3 Å². The lowest BCUT2D eigenvalue weighted by molar-refractivity contribution is -0.120. The van der Waals surface area contributed by atoms with Crippen LogP contribution in [0.5, 0.6) is 0 Å². The third-order valence-corrected chi connectivity index (χ3v) is 6.38. The van der Waals surface area contributed by atoms with Crippen LogP contribution in [0.25, 0.3) is 0 Å². The second kappa shape index (κ2) is 11.3. The quantitative estimate of drug-likeness (QED) is 0.445. The maximum atomic E-state index is 12.6. The van der Waals surface area contributed by atoms with Gasteiger partial charge in [-0.25, -0.2) is 4.98 Å². The number of hydrogen-bond acceptors (Lipinski definition) is 6. The highest BCUT2D eigenvalue weighted by molar-refractivity contribution is 7.14. The van der Waals surface area contributed by atoms with E-state index in [1.54, 1.807) is 18.4 Å². The number of amides is 2. The minimum Gasteiger partial charge on any atom is -0.469 e. The first kappa shape index (κ1) is 24.0. The topological polar surface area (TPSA) is 87.5 Å². The van der Waals surface area contributed by atoms with Crippen molar-refractivity contribution in [2.24, 2.45) is 0 Å². The van der Waals surface area contributed by atoms with Crippen molar-refractivity contribution in [1.82, 2.24) is 15.2 Å². The fraction of sp³-hybridized carbons (Fsp3) is 0.348. The van der Waals surface area contributed by atoms with E-state index in [-0.39, 0.29) is 24.3 Å². The number of likely N-dealkylation sites (N-methyl/N-ethyl adjacent to an activating group) is 1. The minimum absolute atomic E-state index is 0.0221. The summed E-state index contributed by atoms with van der Waals surface area (Å²) in [5, 5.41) is 8.65. The van der Waals surface area contributed by atoms with Gasteiger partial charge < -0.3 is 9.73 Å². The van der Waals surface area contributed by atoms with Crippen LogP contribution in [0.2, 0.25) is 5.02 Å². The highest BCUT2D eigenvalue weighted by Gasteiger charge is 2.21. The lowest BCUT2D eigenvalue weighted by atomic mass is 10.0. The number of nitrogens with one attached hydrogen (secondary N) is 2. The van der Waals surface area contributed by atoms with Gasteiger partial charge in [0.05, 0.1) is 30.0 Å². The molecule has 0 aliphatic carbocycles. The van der Waals surface area contributed by atoms with Gasteiger partial charge in [-0.3, -0.25) is 19.8 Å². The molecule has 3 rings (SSSR count). The molecule has 9 heteroatoms. The molecule has 2 aromatic heterocycles. The maximum Gasteiger partial charge on any atom is 0.260 e. The SMILES string of the molecule is CCN(CC)C(CNC(=O)Cc1csc(NC(=O)c2ccoc2C)n1)c1ccccc1Cl. The Morgan fingerprint density at radius 3 is 2.62 bits per heavy atom. The van der Waals surface area contributed by atoms with Crippen molar-refractivity contribution < 1.29 is 14.0 Å². The smallest absolute Gasteiger partial charge is 0.260 e. The van der Waals surface area contributed by atoms with Gasteiger partial charge in [0.25, 0.3) is 5.91 Å². The molecule has 0 saturated heterocycles. The van der Waals surface area contributed by atoms with E-state index in [1.807, 2.05) is 24.3 Å². The predicted molar refractivity (Wildman–Crippen MR) is 127 cm³/mol. The molecule has 170 valence electrons. The number of anilines is 1. The van der Waals surface area contributed by atoms with Crippen molar-refractivity contribution in [3.63, 3.8) is 0 Å². The van der Waals surface area contributed by atoms with Gasteiger partial charge in [-0.15, -0.1) is 11.3 Å². The Kier molecular flexibility index (Phi) is 8.44. The molecule has 0 bridgehead atoms. The Hall–Kier alpha value is -2.68. The minimum atomic E-state index is -0.289. The Bertz CT molecular complexity index is 1060. The summed E-state index contributed by atoms with van der Waals surface area (Å²) in [4.78, 5) is 31.5. The Morgan fingerprint density at radius 2 is 1.97 bits per heavy atom. The zero-order chi connectivity index (χ0) is 23.1. The zero-order valence-corrected chi connectivity index (χ0v) is 19.9. The van der Waals surface area contributed by atoms with Crippen molar-refractivity contribution in [2.45, 2.75) is 33.2 Å². The molecule has 1 unspecified atom stereocenters. The van der Waals surface area contributed by atoms with E-state index in [4.69, 9.17) is 16.0 Å². The van der Waals surface area contributed by atoms with Gasteiger partial charge in [-0.05, 0) is 37.7 Å². The van der Waals surface area contributed by atoms with Gasteiger partial charge in [0, 0.05) is 16.9 Å². The number of thiazole rings is 1. The summed E-state index contributed by atoms with van der Waals surface area (Å²) in [6.45, 7) is 8.02. The summed E-state index contributed by atoms with van der Waals surface area (Å²) in [6, 6.07) is 9.30. The van der Waals surface area contributed by atoms with Gasteiger partial charge in [-0.1, -0.05) is 43.6 Å². The van der Waals surface area contributed by atoms with E-state index in [0.717, 1.165) is 18.7 Å². The monoisotopic (exact) mass is 474 g/mol. The Balaban J connectivity index is 1.59. The zero-order valence-electron chi connectivity index (χ0n) is 18.4. The van der Waals surface area contributed by atoms with E-state index in [1.165, 1.54) is 17.6 Å². The standard InChI is InChI=1S/C23H27ClN4O3S/c1-4-28(5-2)20(18-8-6-7-9-19(18)24)13-25-21(29)12-16-14-32-23(26-16)27-22(30)17-10-11-31-15(17)3/h6-11,14,20H,4-5,12-13H2,1-3H3,(H,25,29)(H,26,27,30). The summed E-state index contributed by atoms with van der Waals surface area (Å²) >= 11 is 7.70. The first-order valence-electron chi connectivity index (χ1n) is 10.5. The molecule has 32 heavy (non-hydrogen) atoms. The molecule has 0 saturated carbocycles. The van der Waals surface area contributed by atoms with Crippen LogP contribution in [0.1, 0.15) is 47.3 Å². The van der Waals surface area contributed by atoms with Crippen molar-refractivity contribution in [3.05, 3.63) is 69.6 Å². The molecule has 2 N–H and O–H groups in total. The van der Waals surface area contributed by atoms with E-state index in [0.29, 0.717) is 33.7 Å². The molecule has 0 spiro atoms. The number of aromatic nitrogens is 1. The summed E-state index contributed by atoms with van der Waals surface area (Å²) in [5.74, 6) is 0.117. The number of carbonyl (C=O) groups is 2. The second-order valence-corrected chi connectivity index (χ2v) is 8.49. The third-order valence-electron chi connectivity index (χ3n) is 5.23. The molecule has 3 aromatic rings. The first-order chi connectivity index (χ1) is 15.4. The molecular formula is C23H27ClN4O3S. The van der Waals surface area contributed by atoms with E-state index in [2.05, 4.69) is 34.4 Å². The Morgan fingerprint density at radius 1 is 1.22 bits per heavy atom. The number of aryl methyl sites for hydroxylation is 1. The number of benzene rings is 1. The van der Waals surface area contributed by atoms with E-state index < -0.39 is 0 Å². The number of hydrogen-bond donors (Lipinski definition) is 2. The van der Waals surface area contributed by atoms with Crippen molar-refractivity contribution in [1.29, 1.82) is 0 Å². The summed E-state index contributed by atoms with van der Waals surface area (Å²) in [5.41, 5.74) is 2.05. The third kappa shape index (κ3) is 5.97. The van der Waals surface area contributed by atoms with Gasteiger partial charge in [0.2, 0.25) is 5.91 Å². The van der Waals surface area contributed by atoms with Crippen molar-refractivity contribution >= 4 is 39.9 Å². The fourth-order valence-electron chi connectivity index (χ4n) is 3.51. The van der Waals surface area contributed by atoms with Crippen LogP contribution in [0.3, 0.4) is 0 Å². The number of nitrogens with zero attached hydrogens (tertiary/aromatic N) is 2. The van der Waals surface area contributed by atoms with Gasteiger partial charge in [0.15, 0.2) is 5.13 Å². The lowest BCUT2D eigenvalue weighted by Crippen LogP contribution is -2.38. The molecule has 0 fully saturated rings. The fourth-order valence-corrected chi connectivity index (χ4v) is 4.48. The summed E-state index contributed by atoms with van der Waals surface area (Å²) in [7, 11) is 0. The maximum absolute atomic E-state index is 12.6. The van der Waals surface area contributed by atoms with Crippen LogP contribution in [0, 0.1) is 6.92 Å². The number of halogens is 1. The van der Waals surface area contributed by atoms with Crippen molar-refractivity contribution in [2.75, 3.05) is 25.0 Å². The summed E-state index contributed by atoms with van der Waals surface area (Å²) in [6.07, 6.45) is 1.60. The molecule has 0 radical (unpaired) electrons. The van der Waals surface area contributed by atoms with E-state index in [9.17, 15) is 9.59 Å². The highest BCUT2D eigenvalue weighted by atomic mass is 35.5. The summed E-state index contributed by atoms with van der Waals surface area (Å²) < 4.78 is 5.16. The van der Waals surface area contributed by atoms with Crippen LogP contribution in [-0.2, 0) is 11.2 Å². The molecule has 1 aromatic carbocycles. The Labute approximate surface area is 196 Å². The molecule has 0 aliphatic rings. The normalized spacial score (nSPS) is 12.0. The molecule has 0 aliphatic heterocycles. The van der Waals surface area contributed by atoms with Crippen molar-refractivity contribution in [3.8, 4) is 0 Å². The molecule has 2 heterocycles. The predicted octanol–water partition coefficient (Wildman–Crippen LogP) is 4.69. The largest absolute Gasteiger partial charge is 0.469 e. The average Bonchev–Trinajstić information content (AvgIpc) is 3.40. The first-order valence-corrected chi connectivity index (χ1v) is 11.7. The molecule has 7 nitrogen and oxygen atoms in total. The number of rotatable bonds is 10. The molecular weight excluding hydrogens is 448 g/mol. The van der Waals surface area contributed by atoms with Gasteiger partial charge in [0.1, 0.15) is 5.76 Å². The molecule has 1 atom stereocenters. The average molecular weight is 475 g/mol. The highest BCUT2D eigenvalue weighted by Crippen LogP contribution is 2.27. The van der Waals surface area contributed by atoms with Crippen LogP contribution in [0.15, 0.2) is 46.4 Å². The van der Waals surface area contributed by atoms with Crippen LogP contribution in [0.4, 0.5) is 5.13 Å².